The molecule has 0 aliphatic rings. The lowest BCUT2D eigenvalue weighted by Gasteiger charge is -2.15. The Hall–Kier alpha value is -3.06. The number of fused-ring (bicyclic) bond motifs is 1. The zero-order valence-corrected chi connectivity index (χ0v) is 15.2. The van der Waals surface area contributed by atoms with Crippen molar-refractivity contribution < 1.29 is 18.9 Å². The van der Waals surface area contributed by atoms with Crippen LogP contribution in [0.25, 0.3) is 10.9 Å². The number of nitrogens with one attached hydrogen (secondary N) is 1. The first kappa shape index (κ1) is 18.7. The van der Waals surface area contributed by atoms with Crippen LogP contribution in [-0.4, -0.2) is 38.0 Å². The van der Waals surface area contributed by atoms with Gasteiger partial charge in [0.05, 0.1) is 21.9 Å². The van der Waals surface area contributed by atoms with Gasteiger partial charge in [0.25, 0.3) is 5.91 Å². The number of amides is 1. The quantitative estimate of drug-likeness (QED) is 0.655. The number of nitrogens with zero attached hydrogens (tertiary/aromatic N) is 1. The third-order valence-corrected chi connectivity index (χ3v) is 5.48. The Morgan fingerprint density at radius 1 is 1.04 bits per heavy atom. The van der Waals surface area contributed by atoms with E-state index < -0.39 is 28.7 Å². The summed E-state index contributed by atoms with van der Waals surface area (Å²) in [6, 6.07) is 16.4. The molecular formula is C20H18N2O4S. The molecule has 0 aliphatic heterocycles. The van der Waals surface area contributed by atoms with Gasteiger partial charge in [-0.05, 0) is 30.7 Å². The topological polar surface area (TPSA) is 96.4 Å². The molecule has 0 fully saturated rings. The Bertz CT molecular complexity index is 986. The summed E-state index contributed by atoms with van der Waals surface area (Å²) in [6.07, 6.45) is 1.64. The normalized spacial score (nSPS) is 13.0. The van der Waals surface area contributed by atoms with Gasteiger partial charge in [-0.3, -0.25) is 14.0 Å². The first-order valence-electron chi connectivity index (χ1n) is 8.37. The van der Waals surface area contributed by atoms with Gasteiger partial charge >= 0.3 is 5.97 Å². The molecule has 3 rings (SSSR count). The molecule has 0 saturated carbocycles. The van der Waals surface area contributed by atoms with Gasteiger partial charge in [-0.25, -0.2) is 4.79 Å². The van der Waals surface area contributed by atoms with Crippen LogP contribution in [0.1, 0.15) is 16.8 Å². The average Bonchev–Trinajstić information content (AvgIpc) is 2.70. The number of carboxylic acids is 1. The lowest BCUT2D eigenvalue weighted by atomic mass is 10.1. The van der Waals surface area contributed by atoms with Gasteiger partial charge in [0.15, 0.2) is 0 Å². The third kappa shape index (κ3) is 4.57. The van der Waals surface area contributed by atoms with Crippen LogP contribution in [0, 0.1) is 0 Å². The summed E-state index contributed by atoms with van der Waals surface area (Å²) in [5.74, 6) is -1.55. The molecule has 2 N–H and O–H groups in total. The van der Waals surface area contributed by atoms with E-state index in [1.807, 2.05) is 18.2 Å². The largest absolute Gasteiger partial charge is 0.480 e. The zero-order chi connectivity index (χ0) is 19.2. The lowest BCUT2D eigenvalue weighted by molar-refractivity contribution is -0.139. The van der Waals surface area contributed by atoms with E-state index in [0.29, 0.717) is 16.0 Å². The molecule has 1 heterocycles. The van der Waals surface area contributed by atoms with Crippen LogP contribution in [-0.2, 0) is 15.6 Å². The molecule has 0 bridgehead atoms. The number of benzene rings is 2. The maximum atomic E-state index is 12.6. The van der Waals surface area contributed by atoms with Crippen molar-refractivity contribution in [3.05, 3.63) is 72.4 Å². The third-order valence-electron chi connectivity index (χ3n) is 4.08. The van der Waals surface area contributed by atoms with Gasteiger partial charge in [0.1, 0.15) is 6.04 Å². The van der Waals surface area contributed by atoms with Gasteiger partial charge in [-0.15, -0.1) is 0 Å². The number of rotatable bonds is 7. The molecule has 6 nitrogen and oxygen atoms in total. The number of para-hydroxylation sites is 1. The Labute approximate surface area is 158 Å². The van der Waals surface area contributed by atoms with Crippen molar-refractivity contribution in [1.82, 2.24) is 10.3 Å². The Morgan fingerprint density at radius 2 is 1.78 bits per heavy atom. The van der Waals surface area contributed by atoms with Crippen LogP contribution in [0.4, 0.5) is 0 Å². The molecule has 3 aromatic rings. The van der Waals surface area contributed by atoms with E-state index in [1.54, 1.807) is 48.7 Å². The predicted molar refractivity (Wildman–Crippen MR) is 103 cm³/mol. The maximum absolute atomic E-state index is 12.6. The first-order valence-corrected chi connectivity index (χ1v) is 9.69. The fourth-order valence-electron chi connectivity index (χ4n) is 2.70. The summed E-state index contributed by atoms with van der Waals surface area (Å²) in [5, 5.41) is 12.7. The second-order valence-electron chi connectivity index (χ2n) is 5.90. The van der Waals surface area contributed by atoms with Crippen LogP contribution in [0.5, 0.6) is 0 Å². The van der Waals surface area contributed by atoms with Crippen molar-refractivity contribution in [3.63, 3.8) is 0 Å². The van der Waals surface area contributed by atoms with Gasteiger partial charge in [-0.1, -0.05) is 36.4 Å². The number of pyridine rings is 1. The highest BCUT2D eigenvalue weighted by atomic mass is 32.2. The minimum atomic E-state index is -1.33. The van der Waals surface area contributed by atoms with Crippen molar-refractivity contribution in [3.8, 4) is 0 Å². The molecule has 2 aromatic carbocycles. The minimum Gasteiger partial charge on any atom is -0.480 e. The zero-order valence-electron chi connectivity index (χ0n) is 14.4. The van der Waals surface area contributed by atoms with Gasteiger partial charge in [0.2, 0.25) is 0 Å². The number of carbonyl (C=O) groups excluding carboxylic acids is 1. The molecule has 0 unspecified atom stereocenters. The highest BCUT2D eigenvalue weighted by Gasteiger charge is 2.22. The first-order chi connectivity index (χ1) is 13.1. The van der Waals surface area contributed by atoms with Gasteiger partial charge < -0.3 is 10.4 Å². The van der Waals surface area contributed by atoms with Crippen molar-refractivity contribution >= 4 is 33.6 Å². The van der Waals surface area contributed by atoms with E-state index in [4.69, 9.17) is 0 Å². The molecule has 1 amide bonds. The van der Waals surface area contributed by atoms with E-state index >= 15 is 0 Å². The monoisotopic (exact) mass is 382 g/mol. The molecule has 27 heavy (non-hydrogen) atoms. The summed E-state index contributed by atoms with van der Waals surface area (Å²) in [5.41, 5.74) is 0.818. The molecule has 7 heteroatoms. The summed E-state index contributed by atoms with van der Waals surface area (Å²) in [6.45, 7) is 0. The summed E-state index contributed by atoms with van der Waals surface area (Å²) < 4.78 is 12.3. The number of hydrogen-bond donors (Lipinski definition) is 2. The van der Waals surface area contributed by atoms with E-state index in [0.717, 1.165) is 5.39 Å². The van der Waals surface area contributed by atoms with E-state index in [9.17, 15) is 18.9 Å². The van der Waals surface area contributed by atoms with E-state index in [1.165, 1.54) is 0 Å². The molecule has 2 atom stereocenters. The van der Waals surface area contributed by atoms with Crippen molar-refractivity contribution in [2.24, 2.45) is 0 Å². The molecule has 0 aliphatic carbocycles. The van der Waals surface area contributed by atoms with Crippen molar-refractivity contribution in [2.75, 3.05) is 5.75 Å². The highest BCUT2D eigenvalue weighted by Crippen LogP contribution is 2.16. The van der Waals surface area contributed by atoms with Crippen LogP contribution in [0.15, 0.2) is 71.8 Å². The standard InChI is InChI=1S/C20H18N2O4S/c23-19(16-10-4-6-14-7-5-12-21-18(14)16)22-17(20(24)25)11-13-27(26)15-8-2-1-3-9-15/h1-10,12,17H,11,13H2,(H,22,23)(H,24,25)/t17-,27+/m1/s1. The number of carbonyl (C=O) groups is 2. The van der Waals surface area contributed by atoms with Gasteiger partial charge in [-0.2, -0.15) is 0 Å². The predicted octanol–water partition coefficient (Wildman–Crippen LogP) is 2.62. The summed E-state index contributed by atoms with van der Waals surface area (Å²) in [7, 11) is -1.33. The SMILES string of the molecule is O=C(N[C@H](CC[S@](=O)c1ccccc1)C(=O)O)c1cccc2cccnc12. The molecule has 0 saturated heterocycles. The van der Waals surface area contributed by atoms with Crippen LogP contribution < -0.4 is 5.32 Å². The number of aromatic nitrogens is 1. The van der Waals surface area contributed by atoms with Crippen LogP contribution in [0.2, 0.25) is 0 Å². The fourth-order valence-corrected chi connectivity index (χ4v) is 3.84. The molecule has 0 radical (unpaired) electrons. The van der Waals surface area contributed by atoms with Crippen molar-refractivity contribution in [2.45, 2.75) is 17.4 Å². The molecule has 0 spiro atoms. The Morgan fingerprint density at radius 3 is 2.52 bits per heavy atom. The second kappa shape index (κ2) is 8.55. The highest BCUT2D eigenvalue weighted by molar-refractivity contribution is 7.85. The maximum Gasteiger partial charge on any atom is 0.326 e. The second-order valence-corrected chi connectivity index (χ2v) is 7.47. The molecule has 138 valence electrons. The molecule has 1 aromatic heterocycles. The smallest absolute Gasteiger partial charge is 0.326 e. The number of hydrogen-bond acceptors (Lipinski definition) is 4. The van der Waals surface area contributed by atoms with Crippen molar-refractivity contribution in [1.29, 1.82) is 0 Å². The fraction of sp³-hybridized carbons (Fsp3) is 0.150. The number of aliphatic carboxylic acids is 1. The number of carboxylic acid groups (broad SMARTS) is 1. The summed E-state index contributed by atoms with van der Waals surface area (Å²) in [4.78, 5) is 29.0. The van der Waals surface area contributed by atoms with Crippen LogP contribution >= 0.6 is 0 Å². The van der Waals surface area contributed by atoms with E-state index in [2.05, 4.69) is 10.3 Å². The summed E-state index contributed by atoms with van der Waals surface area (Å²) >= 11 is 0. The Kier molecular flexibility index (Phi) is 5.93. The minimum absolute atomic E-state index is 0.0563. The van der Waals surface area contributed by atoms with E-state index in [-0.39, 0.29) is 12.2 Å². The Balaban J connectivity index is 1.71. The van der Waals surface area contributed by atoms with Gasteiger partial charge in [0, 0.05) is 22.2 Å². The average molecular weight is 382 g/mol. The molecular weight excluding hydrogens is 364 g/mol. The lowest BCUT2D eigenvalue weighted by Crippen LogP contribution is -2.41. The van der Waals surface area contributed by atoms with Crippen LogP contribution in [0.3, 0.4) is 0 Å².